The fraction of sp³-hybridized carbons (Fsp3) is 1.00. The average molecular weight is 197 g/mol. The first-order valence-electron chi connectivity index (χ1n) is 4.45. The second kappa shape index (κ2) is 4.28. The topological polar surface area (TPSA) is 32.3 Å². The zero-order valence-electron chi connectivity index (χ0n) is 7.27. The molecule has 1 aliphatic rings. The van der Waals surface area contributed by atoms with Crippen molar-refractivity contribution in [1.82, 2.24) is 5.32 Å². The third-order valence-electron chi connectivity index (χ3n) is 2.39. The van der Waals surface area contributed by atoms with E-state index >= 15 is 0 Å². The molecule has 1 heterocycles. The maximum Gasteiger partial charge on any atom is 0.414 e. The summed E-state index contributed by atoms with van der Waals surface area (Å²) in [6.45, 7) is 1.66. The number of nitrogens with one attached hydrogen (secondary N) is 1. The summed E-state index contributed by atoms with van der Waals surface area (Å²) in [7, 11) is 0. The molecule has 1 aliphatic heterocycles. The SMILES string of the molecule is OC(CCC1CCNC1)C(F)(F)F. The van der Waals surface area contributed by atoms with Gasteiger partial charge in [0.15, 0.2) is 0 Å². The van der Waals surface area contributed by atoms with Gasteiger partial charge in [0.05, 0.1) is 0 Å². The van der Waals surface area contributed by atoms with E-state index in [9.17, 15) is 13.2 Å². The molecular formula is C8H14F3NO. The molecule has 0 aromatic carbocycles. The molecule has 1 rings (SSSR count). The minimum Gasteiger partial charge on any atom is -0.384 e. The van der Waals surface area contributed by atoms with Crippen LogP contribution in [-0.4, -0.2) is 30.5 Å². The number of hydrogen-bond donors (Lipinski definition) is 2. The second-order valence-corrected chi connectivity index (χ2v) is 3.49. The van der Waals surface area contributed by atoms with Gasteiger partial charge in [-0.3, -0.25) is 0 Å². The fourth-order valence-corrected chi connectivity index (χ4v) is 1.52. The molecule has 0 aromatic heterocycles. The summed E-state index contributed by atoms with van der Waals surface area (Å²) in [5.41, 5.74) is 0. The van der Waals surface area contributed by atoms with Crippen molar-refractivity contribution in [2.24, 2.45) is 5.92 Å². The van der Waals surface area contributed by atoms with Gasteiger partial charge in [0.2, 0.25) is 0 Å². The van der Waals surface area contributed by atoms with Crippen molar-refractivity contribution in [3.8, 4) is 0 Å². The predicted octanol–water partition coefficient (Wildman–Crippen LogP) is 1.30. The molecule has 2 N–H and O–H groups in total. The van der Waals surface area contributed by atoms with Crippen LogP contribution in [0.4, 0.5) is 13.2 Å². The van der Waals surface area contributed by atoms with Crippen LogP contribution < -0.4 is 5.32 Å². The van der Waals surface area contributed by atoms with Gasteiger partial charge >= 0.3 is 6.18 Å². The second-order valence-electron chi connectivity index (χ2n) is 3.49. The first-order valence-corrected chi connectivity index (χ1v) is 4.45. The maximum absolute atomic E-state index is 11.9. The van der Waals surface area contributed by atoms with Crippen molar-refractivity contribution in [3.63, 3.8) is 0 Å². The van der Waals surface area contributed by atoms with E-state index in [-0.39, 0.29) is 6.42 Å². The molecule has 0 amide bonds. The van der Waals surface area contributed by atoms with E-state index in [1.54, 1.807) is 0 Å². The van der Waals surface area contributed by atoms with Gasteiger partial charge in [0.25, 0.3) is 0 Å². The lowest BCUT2D eigenvalue weighted by Gasteiger charge is -2.16. The molecule has 13 heavy (non-hydrogen) atoms. The van der Waals surface area contributed by atoms with Crippen molar-refractivity contribution in [2.75, 3.05) is 13.1 Å². The summed E-state index contributed by atoms with van der Waals surface area (Å²) in [4.78, 5) is 0. The number of rotatable bonds is 3. The number of halogens is 3. The van der Waals surface area contributed by atoms with Gasteiger partial charge in [-0.25, -0.2) is 0 Å². The highest BCUT2D eigenvalue weighted by Crippen LogP contribution is 2.25. The van der Waals surface area contributed by atoms with Crippen molar-refractivity contribution >= 4 is 0 Å². The van der Waals surface area contributed by atoms with Gasteiger partial charge in [0, 0.05) is 0 Å². The summed E-state index contributed by atoms with van der Waals surface area (Å²) in [5.74, 6) is 0.303. The van der Waals surface area contributed by atoms with Crippen LogP contribution in [0.15, 0.2) is 0 Å². The molecular weight excluding hydrogens is 183 g/mol. The zero-order valence-corrected chi connectivity index (χ0v) is 7.27. The van der Waals surface area contributed by atoms with E-state index in [1.165, 1.54) is 0 Å². The third-order valence-corrected chi connectivity index (χ3v) is 2.39. The van der Waals surface area contributed by atoms with Crippen molar-refractivity contribution in [2.45, 2.75) is 31.5 Å². The molecule has 0 bridgehead atoms. The molecule has 0 radical (unpaired) electrons. The quantitative estimate of drug-likeness (QED) is 0.714. The van der Waals surface area contributed by atoms with E-state index in [4.69, 9.17) is 5.11 Å². The summed E-state index contributed by atoms with van der Waals surface area (Å²) in [5, 5.41) is 11.8. The average Bonchev–Trinajstić information content (AvgIpc) is 2.50. The van der Waals surface area contributed by atoms with Crippen molar-refractivity contribution in [1.29, 1.82) is 0 Å². The Morgan fingerprint density at radius 3 is 2.62 bits per heavy atom. The molecule has 2 unspecified atom stereocenters. The third kappa shape index (κ3) is 3.52. The zero-order chi connectivity index (χ0) is 9.90. The lowest BCUT2D eigenvalue weighted by atomic mass is 10.0. The van der Waals surface area contributed by atoms with Gasteiger partial charge in [-0.1, -0.05) is 0 Å². The van der Waals surface area contributed by atoms with Gasteiger partial charge in [0.1, 0.15) is 6.10 Å². The highest BCUT2D eigenvalue weighted by atomic mass is 19.4. The minimum absolute atomic E-state index is 0.171. The molecule has 0 aliphatic carbocycles. The summed E-state index contributed by atoms with van der Waals surface area (Å²) in [6.07, 6.45) is -5.40. The molecule has 0 spiro atoms. The number of hydrogen-bond acceptors (Lipinski definition) is 2. The molecule has 78 valence electrons. The Hall–Kier alpha value is -0.290. The van der Waals surface area contributed by atoms with Crippen LogP contribution in [0.25, 0.3) is 0 Å². The van der Waals surface area contributed by atoms with Gasteiger partial charge in [-0.15, -0.1) is 0 Å². The van der Waals surface area contributed by atoms with Crippen LogP contribution >= 0.6 is 0 Å². The highest BCUT2D eigenvalue weighted by Gasteiger charge is 2.38. The van der Waals surface area contributed by atoms with Crippen molar-refractivity contribution < 1.29 is 18.3 Å². The normalized spacial score (nSPS) is 26.3. The first-order chi connectivity index (χ1) is 6.00. The first kappa shape index (κ1) is 10.8. The summed E-state index contributed by atoms with van der Waals surface area (Å²) < 4.78 is 35.6. The van der Waals surface area contributed by atoms with E-state index < -0.39 is 12.3 Å². The molecule has 0 aromatic rings. The Morgan fingerprint density at radius 2 is 2.15 bits per heavy atom. The number of alkyl halides is 3. The van der Waals surface area contributed by atoms with Crippen LogP contribution in [0, 0.1) is 5.92 Å². The highest BCUT2D eigenvalue weighted by molar-refractivity contribution is 4.74. The molecule has 1 fully saturated rings. The summed E-state index contributed by atoms with van der Waals surface area (Å²) in [6, 6.07) is 0. The fourth-order valence-electron chi connectivity index (χ4n) is 1.52. The van der Waals surface area contributed by atoms with Crippen LogP contribution in [0.2, 0.25) is 0 Å². The Morgan fingerprint density at radius 1 is 1.46 bits per heavy atom. The van der Waals surface area contributed by atoms with Crippen LogP contribution in [0.5, 0.6) is 0 Å². The predicted molar refractivity (Wildman–Crippen MR) is 42.3 cm³/mol. The Bertz CT molecular complexity index is 154. The standard InChI is InChI=1S/C8H14F3NO/c9-8(10,11)7(13)2-1-6-3-4-12-5-6/h6-7,12-13H,1-5H2. The van der Waals surface area contributed by atoms with E-state index in [0.29, 0.717) is 12.3 Å². The van der Waals surface area contributed by atoms with E-state index in [1.807, 2.05) is 0 Å². The Balaban J connectivity index is 2.17. The van der Waals surface area contributed by atoms with E-state index in [2.05, 4.69) is 5.32 Å². The lowest BCUT2D eigenvalue weighted by Crippen LogP contribution is -2.29. The van der Waals surface area contributed by atoms with Crippen molar-refractivity contribution in [3.05, 3.63) is 0 Å². The molecule has 0 saturated carbocycles. The smallest absolute Gasteiger partial charge is 0.384 e. The number of aliphatic hydroxyl groups excluding tert-OH is 1. The lowest BCUT2D eigenvalue weighted by molar-refractivity contribution is -0.206. The molecule has 2 nitrogen and oxygen atoms in total. The van der Waals surface area contributed by atoms with Gasteiger partial charge < -0.3 is 10.4 Å². The van der Waals surface area contributed by atoms with E-state index in [0.717, 1.165) is 19.5 Å². The Labute approximate surface area is 75.1 Å². The number of aliphatic hydroxyl groups is 1. The summed E-state index contributed by atoms with van der Waals surface area (Å²) >= 11 is 0. The molecule has 5 heteroatoms. The van der Waals surface area contributed by atoms with Crippen LogP contribution in [0.1, 0.15) is 19.3 Å². The largest absolute Gasteiger partial charge is 0.414 e. The van der Waals surface area contributed by atoms with Gasteiger partial charge in [-0.05, 0) is 38.3 Å². The van der Waals surface area contributed by atoms with Gasteiger partial charge in [-0.2, -0.15) is 13.2 Å². The maximum atomic E-state index is 11.9. The van der Waals surface area contributed by atoms with Crippen LogP contribution in [-0.2, 0) is 0 Å². The Kier molecular flexibility index (Phi) is 3.55. The molecule has 1 saturated heterocycles. The monoisotopic (exact) mass is 197 g/mol. The molecule has 2 atom stereocenters. The van der Waals surface area contributed by atoms with Crippen LogP contribution in [0.3, 0.4) is 0 Å². The minimum atomic E-state index is -4.45.